The molecule has 0 radical (unpaired) electrons. The molecular formula is C17H14FN3O. The van der Waals surface area contributed by atoms with Crippen molar-refractivity contribution in [3.05, 3.63) is 71.4 Å². The first-order valence-electron chi connectivity index (χ1n) is 6.96. The number of nitrogens with one attached hydrogen (secondary N) is 1. The first-order valence-corrected chi connectivity index (χ1v) is 6.96. The second-order valence-corrected chi connectivity index (χ2v) is 4.95. The topological polar surface area (TPSA) is 54.4 Å². The minimum absolute atomic E-state index is 0.203. The third-order valence-corrected chi connectivity index (χ3v) is 3.32. The number of benzene rings is 1. The van der Waals surface area contributed by atoms with E-state index in [1.54, 1.807) is 30.6 Å². The molecule has 1 aromatic carbocycles. The lowest BCUT2D eigenvalue weighted by Crippen LogP contribution is -2.24. The molecule has 1 aromatic heterocycles. The van der Waals surface area contributed by atoms with Crippen LogP contribution in [0.2, 0.25) is 0 Å². The minimum Gasteiger partial charge on any atom is -0.309 e. The third kappa shape index (κ3) is 3.44. The highest BCUT2D eigenvalue weighted by atomic mass is 19.1. The Labute approximate surface area is 127 Å². The Kier molecular flexibility index (Phi) is 4.05. The smallest absolute Gasteiger partial charge is 0.275 e. The summed E-state index contributed by atoms with van der Waals surface area (Å²) < 4.78 is 12.8. The quantitative estimate of drug-likeness (QED) is 0.882. The second-order valence-electron chi connectivity index (χ2n) is 4.95. The first kappa shape index (κ1) is 14.1. The van der Waals surface area contributed by atoms with Crippen LogP contribution in [0.5, 0.6) is 0 Å². The Morgan fingerprint density at radius 2 is 1.77 bits per heavy atom. The second kappa shape index (κ2) is 6.30. The average Bonchev–Trinajstić information content (AvgIpc) is 2.88. The molecule has 0 saturated heterocycles. The van der Waals surface area contributed by atoms with Gasteiger partial charge in [0.05, 0.1) is 0 Å². The van der Waals surface area contributed by atoms with E-state index in [9.17, 15) is 9.18 Å². The molecular weight excluding hydrogens is 281 g/mol. The molecule has 0 atom stereocenters. The van der Waals surface area contributed by atoms with Crippen LogP contribution in [0, 0.1) is 5.82 Å². The SMILES string of the molecule is O=C1NC(CCc2ccc(F)cc2)=N/C1=C/c1ccncc1. The number of nitrogens with zero attached hydrogens (tertiary/aromatic N) is 2. The van der Waals surface area contributed by atoms with Crippen LogP contribution in [-0.2, 0) is 11.2 Å². The summed E-state index contributed by atoms with van der Waals surface area (Å²) in [5.74, 6) is 0.179. The number of aryl methyl sites for hydroxylation is 1. The number of amides is 1. The molecule has 2 heterocycles. The van der Waals surface area contributed by atoms with Gasteiger partial charge in [-0.3, -0.25) is 9.78 Å². The predicted octanol–water partition coefficient (Wildman–Crippen LogP) is 2.72. The van der Waals surface area contributed by atoms with Gasteiger partial charge >= 0.3 is 0 Å². The fourth-order valence-electron chi connectivity index (χ4n) is 2.17. The number of hydrogen-bond acceptors (Lipinski definition) is 3. The van der Waals surface area contributed by atoms with Crippen LogP contribution in [0.25, 0.3) is 6.08 Å². The molecule has 0 saturated carbocycles. The summed E-state index contributed by atoms with van der Waals surface area (Å²) in [6, 6.07) is 9.96. The molecule has 22 heavy (non-hydrogen) atoms. The van der Waals surface area contributed by atoms with Gasteiger partial charge in [0.15, 0.2) is 0 Å². The highest BCUT2D eigenvalue weighted by Crippen LogP contribution is 2.14. The molecule has 0 unspecified atom stereocenters. The third-order valence-electron chi connectivity index (χ3n) is 3.32. The van der Waals surface area contributed by atoms with E-state index in [0.717, 1.165) is 11.1 Å². The van der Waals surface area contributed by atoms with E-state index < -0.39 is 0 Å². The maximum Gasteiger partial charge on any atom is 0.275 e. The average molecular weight is 295 g/mol. The van der Waals surface area contributed by atoms with Gasteiger partial charge in [0.25, 0.3) is 5.91 Å². The van der Waals surface area contributed by atoms with Gasteiger partial charge in [0, 0.05) is 18.8 Å². The highest BCUT2D eigenvalue weighted by Gasteiger charge is 2.19. The van der Waals surface area contributed by atoms with E-state index in [4.69, 9.17) is 0 Å². The summed E-state index contributed by atoms with van der Waals surface area (Å²) in [5, 5.41) is 2.76. The van der Waals surface area contributed by atoms with Gasteiger partial charge in [-0.05, 0) is 47.9 Å². The fourth-order valence-corrected chi connectivity index (χ4v) is 2.17. The van der Waals surface area contributed by atoms with Crippen molar-refractivity contribution in [2.24, 2.45) is 4.99 Å². The number of amidine groups is 1. The molecule has 1 aliphatic rings. The van der Waals surface area contributed by atoms with Crippen LogP contribution < -0.4 is 5.32 Å². The largest absolute Gasteiger partial charge is 0.309 e. The Morgan fingerprint density at radius 3 is 2.50 bits per heavy atom. The summed E-state index contributed by atoms with van der Waals surface area (Å²) in [4.78, 5) is 20.1. The molecule has 1 aliphatic heterocycles. The lowest BCUT2D eigenvalue weighted by molar-refractivity contribution is -0.115. The van der Waals surface area contributed by atoms with Gasteiger partial charge in [0.2, 0.25) is 0 Å². The number of pyridine rings is 1. The van der Waals surface area contributed by atoms with E-state index in [0.29, 0.717) is 24.4 Å². The highest BCUT2D eigenvalue weighted by molar-refractivity contribution is 6.14. The summed E-state index contributed by atoms with van der Waals surface area (Å²) in [5.41, 5.74) is 2.27. The van der Waals surface area contributed by atoms with Gasteiger partial charge < -0.3 is 5.32 Å². The molecule has 0 fully saturated rings. The predicted molar refractivity (Wildman–Crippen MR) is 82.5 cm³/mol. The summed E-state index contributed by atoms with van der Waals surface area (Å²) in [6.07, 6.45) is 6.35. The first-order chi connectivity index (χ1) is 10.7. The van der Waals surface area contributed by atoms with Crippen LogP contribution in [0.1, 0.15) is 17.5 Å². The van der Waals surface area contributed by atoms with Crippen LogP contribution in [0.15, 0.2) is 59.5 Å². The normalized spacial score (nSPS) is 15.8. The zero-order chi connectivity index (χ0) is 15.4. The molecule has 0 aliphatic carbocycles. The minimum atomic E-state index is -0.252. The lowest BCUT2D eigenvalue weighted by atomic mass is 10.1. The van der Waals surface area contributed by atoms with Crippen molar-refractivity contribution in [2.45, 2.75) is 12.8 Å². The van der Waals surface area contributed by atoms with Crippen molar-refractivity contribution in [3.63, 3.8) is 0 Å². The van der Waals surface area contributed by atoms with Gasteiger partial charge in [-0.2, -0.15) is 0 Å². The van der Waals surface area contributed by atoms with Gasteiger partial charge in [-0.25, -0.2) is 9.38 Å². The van der Waals surface area contributed by atoms with Crippen LogP contribution in [0.4, 0.5) is 4.39 Å². The summed E-state index contributed by atoms with van der Waals surface area (Å²) >= 11 is 0. The van der Waals surface area contributed by atoms with E-state index in [1.807, 2.05) is 12.1 Å². The number of rotatable bonds is 4. The van der Waals surface area contributed by atoms with E-state index in [-0.39, 0.29) is 11.7 Å². The maximum absolute atomic E-state index is 12.8. The van der Waals surface area contributed by atoms with Crippen molar-refractivity contribution in [2.75, 3.05) is 0 Å². The van der Waals surface area contributed by atoms with Crippen molar-refractivity contribution in [3.8, 4) is 0 Å². The zero-order valence-corrected chi connectivity index (χ0v) is 11.8. The molecule has 5 heteroatoms. The van der Waals surface area contributed by atoms with Crippen LogP contribution in [0.3, 0.4) is 0 Å². The Hall–Kier alpha value is -2.82. The molecule has 2 aromatic rings. The maximum atomic E-state index is 12.8. The van der Waals surface area contributed by atoms with Gasteiger partial charge in [-0.15, -0.1) is 0 Å². The van der Waals surface area contributed by atoms with E-state index in [1.165, 1.54) is 12.1 Å². The van der Waals surface area contributed by atoms with Crippen LogP contribution in [-0.4, -0.2) is 16.7 Å². The number of hydrogen-bond donors (Lipinski definition) is 1. The molecule has 0 bridgehead atoms. The summed E-state index contributed by atoms with van der Waals surface area (Å²) in [6.45, 7) is 0. The number of aliphatic imine (C=N–C) groups is 1. The van der Waals surface area contributed by atoms with Gasteiger partial charge in [0.1, 0.15) is 17.3 Å². The number of halogens is 1. The monoisotopic (exact) mass is 295 g/mol. The Morgan fingerprint density at radius 1 is 1.05 bits per heavy atom. The standard InChI is InChI=1S/C17H14FN3O/c18-14-4-1-12(2-5-14)3-6-16-20-15(17(22)21-16)11-13-7-9-19-10-8-13/h1-2,4-5,7-11H,3,6H2,(H,20,21,22)/b15-11+. The molecule has 1 N–H and O–H groups in total. The Balaban J connectivity index is 1.68. The zero-order valence-electron chi connectivity index (χ0n) is 11.8. The number of aromatic nitrogens is 1. The van der Waals surface area contributed by atoms with Crippen LogP contribution >= 0.6 is 0 Å². The van der Waals surface area contributed by atoms with Gasteiger partial charge in [-0.1, -0.05) is 12.1 Å². The van der Waals surface area contributed by atoms with Crippen molar-refractivity contribution in [1.29, 1.82) is 0 Å². The molecule has 4 nitrogen and oxygen atoms in total. The van der Waals surface area contributed by atoms with Crippen molar-refractivity contribution >= 4 is 17.8 Å². The number of carbonyl (C=O) groups is 1. The van der Waals surface area contributed by atoms with Crippen molar-refractivity contribution < 1.29 is 9.18 Å². The molecule has 0 spiro atoms. The number of carbonyl (C=O) groups excluding carboxylic acids is 1. The Bertz CT molecular complexity index is 736. The summed E-state index contributed by atoms with van der Waals surface area (Å²) in [7, 11) is 0. The van der Waals surface area contributed by atoms with E-state index in [2.05, 4.69) is 15.3 Å². The lowest BCUT2D eigenvalue weighted by Gasteiger charge is -2.01. The molecule has 3 rings (SSSR count). The molecule has 1 amide bonds. The van der Waals surface area contributed by atoms with E-state index >= 15 is 0 Å². The van der Waals surface area contributed by atoms with Crippen molar-refractivity contribution in [1.82, 2.24) is 10.3 Å². The molecule has 110 valence electrons. The fraction of sp³-hybridized carbons (Fsp3) is 0.118.